The van der Waals surface area contributed by atoms with Crippen molar-refractivity contribution >= 4 is 28.1 Å². The van der Waals surface area contributed by atoms with Gasteiger partial charge in [-0.25, -0.2) is 0 Å². The molecule has 5 rings (SSSR count). The number of rotatable bonds is 1. The summed E-state index contributed by atoms with van der Waals surface area (Å²) in [6.45, 7) is 0. The first-order valence-corrected chi connectivity index (χ1v) is 9.75. The highest BCUT2D eigenvalue weighted by Gasteiger charge is 2.59. The van der Waals surface area contributed by atoms with Gasteiger partial charge >= 0.3 is 0 Å². The van der Waals surface area contributed by atoms with E-state index in [1.54, 1.807) is 12.1 Å². The number of carbonyl (C=O) groups is 2. The number of nitrogens with zero attached hydrogens (tertiary/aromatic N) is 1. The molecule has 1 saturated carbocycles. The lowest BCUT2D eigenvalue weighted by molar-refractivity contribution is -0.123. The first kappa shape index (κ1) is 13.8. The van der Waals surface area contributed by atoms with Crippen LogP contribution >= 0.6 is 10.6 Å². The zero-order chi connectivity index (χ0) is 15.9. The number of allylic oxidation sites excluding steroid dienone is 2. The minimum atomic E-state index is -2.59. The van der Waals surface area contributed by atoms with E-state index in [2.05, 4.69) is 12.2 Å². The molecular formula is C17H17NO4S. The summed E-state index contributed by atoms with van der Waals surface area (Å²) in [6.07, 6.45) is 5.09. The molecule has 1 aromatic rings. The van der Waals surface area contributed by atoms with Crippen LogP contribution in [0.1, 0.15) is 17.5 Å². The molecule has 0 aromatic heterocycles. The summed E-state index contributed by atoms with van der Waals surface area (Å²) < 4.78 is 19.7. The predicted molar refractivity (Wildman–Crippen MR) is 86.9 cm³/mol. The van der Waals surface area contributed by atoms with Crippen molar-refractivity contribution in [2.75, 3.05) is 4.90 Å². The molecule has 4 atom stereocenters. The van der Waals surface area contributed by atoms with E-state index in [4.69, 9.17) is 0 Å². The minimum Gasteiger partial charge on any atom is -0.299 e. The van der Waals surface area contributed by atoms with Crippen molar-refractivity contribution in [3.8, 4) is 0 Å². The molecule has 2 amide bonds. The molecule has 2 bridgehead atoms. The van der Waals surface area contributed by atoms with Gasteiger partial charge in [0.15, 0.2) is 0 Å². The van der Waals surface area contributed by atoms with E-state index >= 15 is 0 Å². The fourth-order valence-electron chi connectivity index (χ4n) is 4.73. The Balaban J connectivity index is 1.52. The molecule has 2 aliphatic carbocycles. The van der Waals surface area contributed by atoms with E-state index in [-0.39, 0.29) is 47.0 Å². The van der Waals surface area contributed by atoms with Crippen molar-refractivity contribution in [1.82, 2.24) is 0 Å². The van der Waals surface area contributed by atoms with Crippen LogP contribution in [0, 0.1) is 23.7 Å². The van der Waals surface area contributed by atoms with Gasteiger partial charge in [-0.05, 0) is 41.5 Å². The largest absolute Gasteiger partial charge is 0.299 e. The standard InChI is InChI=1S/C17H17NO4S/c19-16-14-9-1-2-10(5-9)15(14)17(20)18(16)13-4-3-11-7-23(21,22)8-12(11)6-13/h1-4,6,9-10,14-15,21-22H,5,7-8H2. The molecule has 2 N–H and O–H groups in total. The number of amides is 2. The summed E-state index contributed by atoms with van der Waals surface area (Å²) in [5, 5.41) is 0. The number of hydrogen-bond donors (Lipinski definition) is 2. The summed E-state index contributed by atoms with van der Waals surface area (Å²) in [6, 6.07) is 5.35. The fourth-order valence-corrected chi connectivity index (χ4v) is 6.38. The lowest BCUT2D eigenvalue weighted by Crippen LogP contribution is -2.32. The van der Waals surface area contributed by atoms with Gasteiger partial charge in [0.2, 0.25) is 11.8 Å². The summed E-state index contributed by atoms with van der Waals surface area (Å²) >= 11 is 0. The third kappa shape index (κ3) is 1.77. The zero-order valence-electron chi connectivity index (χ0n) is 12.4. The molecule has 120 valence electrons. The Morgan fingerprint density at radius 1 is 0.957 bits per heavy atom. The molecule has 6 heteroatoms. The van der Waals surface area contributed by atoms with E-state index in [0.29, 0.717) is 5.69 Å². The number of benzene rings is 1. The van der Waals surface area contributed by atoms with Gasteiger partial charge in [-0.2, -0.15) is 10.6 Å². The van der Waals surface area contributed by atoms with E-state index in [1.165, 1.54) is 4.90 Å². The second-order valence-electron chi connectivity index (χ2n) is 7.06. The van der Waals surface area contributed by atoms with Gasteiger partial charge in [0.1, 0.15) is 0 Å². The number of hydrogen-bond acceptors (Lipinski definition) is 4. The quantitative estimate of drug-likeness (QED) is 0.613. The highest BCUT2D eigenvalue weighted by atomic mass is 32.3. The fraction of sp³-hybridized carbons (Fsp3) is 0.412. The molecule has 1 aromatic carbocycles. The monoisotopic (exact) mass is 331 g/mol. The van der Waals surface area contributed by atoms with Gasteiger partial charge in [-0.1, -0.05) is 18.2 Å². The molecule has 2 fully saturated rings. The van der Waals surface area contributed by atoms with Crippen molar-refractivity contribution in [1.29, 1.82) is 0 Å². The first-order chi connectivity index (χ1) is 10.9. The van der Waals surface area contributed by atoms with E-state index in [9.17, 15) is 18.7 Å². The maximum absolute atomic E-state index is 12.8. The maximum atomic E-state index is 12.8. The molecule has 4 unspecified atom stereocenters. The van der Waals surface area contributed by atoms with Gasteiger partial charge in [-0.15, -0.1) is 0 Å². The Labute approximate surface area is 135 Å². The highest BCUT2D eigenvalue weighted by molar-refractivity contribution is 8.23. The van der Waals surface area contributed by atoms with E-state index in [0.717, 1.165) is 17.5 Å². The van der Waals surface area contributed by atoms with Crippen molar-refractivity contribution in [3.05, 3.63) is 41.5 Å². The second-order valence-corrected chi connectivity index (χ2v) is 9.24. The van der Waals surface area contributed by atoms with Crippen LogP contribution in [0.3, 0.4) is 0 Å². The third-order valence-electron chi connectivity index (χ3n) is 5.69. The van der Waals surface area contributed by atoms with Crippen LogP contribution in [0.4, 0.5) is 5.69 Å². The van der Waals surface area contributed by atoms with Crippen LogP contribution in [0.15, 0.2) is 30.4 Å². The topological polar surface area (TPSA) is 77.8 Å². The average molecular weight is 331 g/mol. The normalized spacial score (nSPS) is 37.4. The van der Waals surface area contributed by atoms with Crippen molar-refractivity contribution in [2.45, 2.75) is 17.9 Å². The number of carbonyl (C=O) groups excluding carboxylic acids is 2. The van der Waals surface area contributed by atoms with Crippen LogP contribution in [-0.2, 0) is 21.1 Å². The summed E-state index contributed by atoms with van der Waals surface area (Å²) in [7, 11) is -2.59. The van der Waals surface area contributed by atoms with Gasteiger partial charge in [0.25, 0.3) is 0 Å². The number of anilines is 1. The van der Waals surface area contributed by atoms with Crippen molar-refractivity contribution in [2.24, 2.45) is 23.7 Å². The lowest BCUT2D eigenvalue weighted by Gasteiger charge is -2.25. The minimum absolute atomic E-state index is 0.0959. The Kier molecular flexibility index (Phi) is 2.55. The Hall–Kier alpha value is -1.63. The molecule has 5 nitrogen and oxygen atoms in total. The SMILES string of the molecule is O=C1C2C3C=CC(C3)C2C(=O)N1c1ccc2c(c1)CS(O)(O)C2. The predicted octanol–water partition coefficient (Wildman–Crippen LogP) is 2.76. The van der Waals surface area contributed by atoms with Crippen molar-refractivity contribution in [3.63, 3.8) is 0 Å². The summed E-state index contributed by atoms with van der Waals surface area (Å²) in [5.74, 6) is 0.288. The molecule has 2 heterocycles. The number of imide groups is 1. The van der Waals surface area contributed by atoms with Crippen LogP contribution in [0.5, 0.6) is 0 Å². The maximum Gasteiger partial charge on any atom is 0.238 e. The lowest BCUT2D eigenvalue weighted by atomic mass is 9.85. The summed E-state index contributed by atoms with van der Waals surface area (Å²) in [4.78, 5) is 26.9. The Morgan fingerprint density at radius 2 is 1.57 bits per heavy atom. The second kappa shape index (κ2) is 4.26. The van der Waals surface area contributed by atoms with Crippen molar-refractivity contribution < 1.29 is 18.7 Å². The van der Waals surface area contributed by atoms with E-state index < -0.39 is 10.6 Å². The Bertz CT molecular complexity index is 757. The average Bonchev–Trinajstić information content (AvgIpc) is 3.20. The zero-order valence-corrected chi connectivity index (χ0v) is 13.2. The van der Waals surface area contributed by atoms with Crippen LogP contribution in [0.2, 0.25) is 0 Å². The molecular weight excluding hydrogens is 314 g/mol. The molecule has 2 aliphatic heterocycles. The molecule has 23 heavy (non-hydrogen) atoms. The molecule has 0 radical (unpaired) electrons. The number of fused-ring (bicyclic) bond motifs is 6. The van der Waals surface area contributed by atoms with Crippen LogP contribution in [0.25, 0.3) is 0 Å². The van der Waals surface area contributed by atoms with Gasteiger partial charge in [0, 0.05) is 0 Å². The van der Waals surface area contributed by atoms with E-state index in [1.807, 2.05) is 6.07 Å². The first-order valence-electron chi connectivity index (χ1n) is 7.86. The Morgan fingerprint density at radius 3 is 2.22 bits per heavy atom. The molecule has 0 spiro atoms. The summed E-state index contributed by atoms with van der Waals surface area (Å²) in [5.41, 5.74) is 2.31. The van der Waals surface area contributed by atoms with Crippen LogP contribution in [-0.4, -0.2) is 20.9 Å². The van der Waals surface area contributed by atoms with Crippen LogP contribution < -0.4 is 4.90 Å². The van der Waals surface area contributed by atoms with Gasteiger partial charge in [0.05, 0.1) is 29.0 Å². The van der Waals surface area contributed by atoms with Gasteiger partial charge in [-0.3, -0.25) is 23.6 Å². The third-order valence-corrected chi connectivity index (χ3v) is 7.24. The molecule has 1 saturated heterocycles. The highest BCUT2D eigenvalue weighted by Crippen LogP contribution is 2.55. The van der Waals surface area contributed by atoms with Gasteiger partial charge < -0.3 is 0 Å². The smallest absolute Gasteiger partial charge is 0.238 e. The molecule has 4 aliphatic rings.